The van der Waals surface area contributed by atoms with Crippen LogP contribution < -0.4 is 4.74 Å². The van der Waals surface area contributed by atoms with Crippen molar-refractivity contribution >= 4 is 32.7 Å². The summed E-state index contributed by atoms with van der Waals surface area (Å²) in [7, 11) is 0. The van der Waals surface area contributed by atoms with Crippen molar-refractivity contribution in [2.75, 3.05) is 0 Å². The zero-order chi connectivity index (χ0) is 28.2. The molecule has 5 nitrogen and oxygen atoms in total. The van der Waals surface area contributed by atoms with Crippen molar-refractivity contribution < 1.29 is 9.84 Å². The van der Waals surface area contributed by atoms with Gasteiger partial charge in [-0.15, -0.1) is 0 Å². The fourth-order valence-electron chi connectivity index (χ4n) is 6.04. The molecule has 0 bridgehead atoms. The molecule has 0 spiro atoms. The average Bonchev–Trinajstić information content (AvgIpc) is 3.28. The fraction of sp³-hybridized carbons (Fsp3) is 0.111. The van der Waals surface area contributed by atoms with E-state index in [1.54, 1.807) is 6.07 Å². The number of pyridine rings is 2. The molecule has 0 aliphatic rings. The van der Waals surface area contributed by atoms with E-state index in [0.717, 1.165) is 44.1 Å². The molecular formula is C36H29N3O2. The molecule has 0 unspecified atom stereocenters. The van der Waals surface area contributed by atoms with Gasteiger partial charge in [-0.2, -0.15) is 0 Å². The van der Waals surface area contributed by atoms with Crippen LogP contribution in [-0.4, -0.2) is 19.6 Å². The number of aromatic hydroxyl groups is 1. The Morgan fingerprint density at radius 2 is 1.44 bits per heavy atom. The van der Waals surface area contributed by atoms with Crippen LogP contribution in [0.3, 0.4) is 0 Å². The predicted molar refractivity (Wildman–Crippen MR) is 166 cm³/mol. The van der Waals surface area contributed by atoms with Gasteiger partial charge in [-0.3, -0.25) is 4.57 Å². The average molecular weight is 536 g/mol. The third-order valence-corrected chi connectivity index (χ3v) is 7.75. The molecule has 0 radical (unpaired) electrons. The number of nitrogens with zero attached hydrogens (tertiary/aromatic N) is 3. The Morgan fingerprint density at radius 1 is 0.683 bits per heavy atom. The summed E-state index contributed by atoms with van der Waals surface area (Å²) in [6, 6.07) is 30.4. The highest BCUT2D eigenvalue weighted by Gasteiger charge is 2.16. The largest absolute Gasteiger partial charge is 0.506 e. The smallest absolute Gasteiger partial charge is 0.219 e. The van der Waals surface area contributed by atoms with Crippen LogP contribution in [0.2, 0.25) is 0 Å². The van der Waals surface area contributed by atoms with E-state index in [-0.39, 0.29) is 5.75 Å². The Bertz CT molecular complexity index is 2100. The van der Waals surface area contributed by atoms with E-state index in [9.17, 15) is 5.11 Å². The van der Waals surface area contributed by atoms with E-state index in [1.165, 1.54) is 22.3 Å². The minimum atomic E-state index is 0.123. The first-order valence-electron chi connectivity index (χ1n) is 13.7. The number of hydrogen-bond donors (Lipinski definition) is 1. The van der Waals surface area contributed by atoms with E-state index in [2.05, 4.69) is 67.8 Å². The number of phenolic OH excluding ortho intramolecular Hbond substituents is 1. The lowest BCUT2D eigenvalue weighted by molar-refractivity contribution is 0.460. The van der Waals surface area contributed by atoms with Crippen molar-refractivity contribution in [1.82, 2.24) is 14.5 Å². The van der Waals surface area contributed by atoms with Gasteiger partial charge in [-0.05, 0) is 98.0 Å². The second-order valence-electron chi connectivity index (χ2n) is 10.8. The molecule has 0 fully saturated rings. The summed E-state index contributed by atoms with van der Waals surface area (Å²) in [5.41, 5.74) is 9.54. The van der Waals surface area contributed by atoms with Crippen LogP contribution >= 0.6 is 0 Å². The van der Waals surface area contributed by atoms with Gasteiger partial charge in [0.05, 0.1) is 11.0 Å². The van der Waals surface area contributed by atoms with Gasteiger partial charge in [0.2, 0.25) is 5.88 Å². The SMILES string of the molecule is Cc1ccc(-n2c3ccccc3c3ccc(Oc4ccc5c(-c6c(C)cc(C)cc6C)ccc(O)c5n4)cc32)nc1. The molecule has 5 heteroatoms. The van der Waals surface area contributed by atoms with E-state index < -0.39 is 0 Å². The molecule has 200 valence electrons. The first kappa shape index (κ1) is 24.9. The fourth-order valence-corrected chi connectivity index (χ4v) is 6.04. The molecule has 0 saturated heterocycles. The highest BCUT2D eigenvalue weighted by atomic mass is 16.5. The molecule has 3 aromatic heterocycles. The van der Waals surface area contributed by atoms with Crippen molar-refractivity contribution in [1.29, 1.82) is 0 Å². The summed E-state index contributed by atoms with van der Waals surface area (Å²) in [6.07, 6.45) is 1.88. The molecule has 7 aromatic rings. The quantitative estimate of drug-likeness (QED) is 0.244. The van der Waals surface area contributed by atoms with E-state index in [1.807, 2.05) is 55.6 Å². The number of benzene rings is 4. The molecule has 0 saturated carbocycles. The first-order chi connectivity index (χ1) is 19.9. The summed E-state index contributed by atoms with van der Waals surface area (Å²) in [5, 5.41) is 13.9. The van der Waals surface area contributed by atoms with Crippen LogP contribution in [0.4, 0.5) is 0 Å². The molecule has 0 aliphatic carbocycles. The van der Waals surface area contributed by atoms with Crippen LogP contribution in [0.1, 0.15) is 22.3 Å². The van der Waals surface area contributed by atoms with Crippen LogP contribution in [0.5, 0.6) is 17.4 Å². The molecule has 0 aliphatic heterocycles. The lowest BCUT2D eigenvalue weighted by atomic mass is 9.91. The number of fused-ring (bicyclic) bond motifs is 4. The van der Waals surface area contributed by atoms with Crippen LogP contribution in [0, 0.1) is 27.7 Å². The molecule has 4 aromatic carbocycles. The number of para-hydroxylation sites is 1. The van der Waals surface area contributed by atoms with E-state index >= 15 is 0 Å². The summed E-state index contributed by atoms with van der Waals surface area (Å²) in [6.45, 7) is 8.40. The van der Waals surface area contributed by atoms with Crippen molar-refractivity contribution in [2.45, 2.75) is 27.7 Å². The maximum atomic E-state index is 10.8. The van der Waals surface area contributed by atoms with Gasteiger partial charge in [-0.1, -0.05) is 42.0 Å². The second kappa shape index (κ2) is 9.49. The molecule has 0 atom stereocenters. The Hall–Kier alpha value is -5.16. The van der Waals surface area contributed by atoms with Crippen LogP contribution in [0.15, 0.2) is 97.2 Å². The summed E-state index contributed by atoms with van der Waals surface area (Å²) >= 11 is 0. The number of rotatable bonds is 4. The monoisotopic (exact) mass is 535 g/mol. The van der Waals surface area contributed by atoms with Crippen molar-refractivity contribution in [3.63, 3.8) is 0 Å². The third-order valence-electron chi connectivity index (χ3n) is 7.75. The van der Waals surface area contributed by atoms with Gasteiger partial charge >= 0.3 is 0 Å². The van der Waals surface area contributed by atoms with Crippen molar-refractivity contribution in [2.24, 2.45) is 0 Å². The van der Waals surface area contributed by atoms with Gasteiger partial charge in [0.15, 0.2) is 0 Å². The van der Waals surface area contributed by atoms with Crippen molar-refractivity contribution in [3.8, 4) is 34.3 Å². The number of phenols is 1. The summed E-state index contributed by atoms with van der Waals surface area (Å²) < 4.78 is 8.47. The van der Waals surface area contributed by atoms with Crippen molar-refractivity contribution in [3.05, 3.63) is 119 Å². The maximum absolute atomic E-state index is 10.8. The van der Waals surface area contributed by atoms with Gasteiger partial charge in [0.1, 0.15) is 22.8 Å². The first-order valence-corrected chi connectivity index (χ1v) is 13.7. The Morgan fingerprint density at radius 3 is 2.22 bits per heavy atom. The normalized spacial score (nSPS) is 11.5. The van der Waals surface area contributed by atoms with Crippen LogP contribution in [0.25, 0.3) is 49.7 Å². The minimum Gasteiger partial charge on any atom is -0.506 e. The van der Waals surface area contributed by atoms with E-state index in [4.69, 9.17) is 14.7 Å². The third kappa shape index (κ3) is 4.18. The maximum Gasteiger partial charge on any atom is 0.219 e. The topological polar surface area (TPSA) is 60.2 Å². The standard InChI is InChI=1S/C36H29N3O2/c1-21-9-15-33(37-20-21)39-30-8-6-5-7-26(30)27-11-10-25(19-31(27)39)41-34-16-13-29-28(12-14-32(40)36(29)38-34)35-23(3)17-22(2)18-24(35)4/h5-20,40H,1-4H3. The lowest BCUT2D eigenvalue weighted by Crippen LogP contribution is -1.97. The molecule has 0 amide bonds. The molecule has 7 rings (SSSR count). The minimum absolute atomic E-state index is 0.123. The van der Waals surface area contributed by atoms with Gasteiger partial charge in [-0.25, -0.2) is 9.97 Å². The molecule has 1 N–H and O–H groups in total. The van der Waals surface area contributed by atoms with Gasteiger partial charge < -0.3 is 9.84 Å². The Labute approximate surface area is 238 Å². The Balaban J connectivity index is 1.33. The Kier molecular flexibility index (Phi) is 5.75. The number of aryl methyl sites for hydroxylation is 4. The second-order valence-corrected chi connectivity index (χ2v) is 10.8. The predicted octanol–water partition coefficient (Wildman–Crippen LogP) is 9.13. The number of aromatic nitrogens is 3. The molecular weight excluding hydrogens is 506 g/mol. The summed E-state index contributed by atoms with van der Waals surface area (Å²) in [4.78, 5) is 9.47. The van der Waals surface area contributed by atoms with Crippen LogP contribution in [-0.2, 0) is 0 Å². The number of ether oxygens (including phenoxy) is 1. The van der Waals surface area contributed by atoms with Gasteiger partial charge in [0.25, 0.3) is 0 Å². The molecule has 3 heterocycles. The zero-order valence-electron chi connectivity index (χ0n) is 23.4. The molecule has 41 heavy (non-hydrogen) atoms. The summed E-state index contributed by atoms with van der Waals surface area (Å²) in [5.74, 6) is 2.04. The van der Waals surface area contributed by atoms with E-state index in [0.29, 0.717) is 17.1 Å². The highest BCUT2D eigenvalue weighted by Crippen LogP contribution is 2.39. The highest BCUT2D eigenvalue weighted by molar-refractivity contribution is 6.09. The number of hydrogen-bond acceptors (Lipinski definition) is 4. The lowest BCUT2D eigenvalue weighted by Gasteiger charge is -2.15. The van der Waals surface area contributed by atoms with Gasteiger partial charge in [0, 0.05) is 34.5 Å². The zero-order valence-corrected chi connectivity index (χ0v) is 23.4.